The number of benzene rings is 1. The van der Waals surface area contributed by atoms with E-state index in [0.29, 0.717) is 5.82 Å². The summed E-state index contributed by atoms with van der Waals surface area (Å²) in [5.41, 5.74) is 9.70. The van der Waals surface area contributed by atoms with Crippen molar-refractivity contribution in [1.29, 1.82) is 0 Å². The van der Waals surface area contributed by atoms with Gasteiger partial charge in [0.05, 0.1) is 12.7 Å². The Morgan fingerprint density at radius 2 is 1.95 bits per heavy atom. The smallest absolute Gasteiger partial charge is 0.129 e. The molecular weight excluding hydrogens is 264 g/mol. The number of hydrogen-bond acceptors (Lipinski definition) is 4. The molecule has 0 aliphatic rings. The van der Waals surface area contributed by atoms with Crippen LogP contribution in [0.3, 0.4) is 0 Å². The van der Waals surface area contributed by atoms with Crippen molar-refractivity contribution in [2.24, 2.45) is 7.05 Å². The molecule has 5 heteroatoms. The number of anilines is 1. The van der Waals surface area contributed by atoms with Crippen LogP contribution in [0.25, 0.3) is 22.4 Å². The quantitative estimate of drug-likeness (QED) is 0.801. The third-order valence-corrected chi connectivity index (χ3v) is 3.40. The normalized spacial score (nSPS) is 10.6. The first-order chi connectivity index (χ1) is 10.2. The number of nitrogen functional groups attached to an aromatic ring is 1. The molecule has 1 aromatic carbocycles. The van der Waals surface area contributed by atoms with Gasteiger partial charge in [-0.25, -0.2) is 0 Å². The summed E-state index contributed by atoms with van der Waals surface area (Å²) in [6.45, 7) is 0. The molecule has 2 heterocycles. The van der Waals surface area contributed by atoms with Gasteiger partial charge in [0.1, 0.15) is 17.3 Å². The molecule has 0 aliphatic heterocycles. The molecule has 0 amide bonds. The number of para-hydroxylation sites is 1. The molecule has 0 spiro atoms. The minimum atomic E-state index is 0.601. The van der Waals surface area contributed by atoms with Crippen LogP contribution in [0.5, 0.6) is 5.75 Å². The number of rotatable bonds is 3. The van der Waals surface area contributed by atoms with E-state index in [0.717, 1.165) is 28.1 Å². The molecule has 0 aliphatic carbocycles. The lowest BCUT2D eigenvalue weighted by molar-refractivity contribution is 0.416. The van der Waals surface area contributed by atoms with E-state index in [1.807, 2.05) is 43.4 Å². The van der Waals surface area contributed by atoms with Gasteiger partial charge in [-0.05, 0) is 18.2 Å². The average molecular weight is 280 g/mol. The molecule has 2 N–H and O–H groups in total. The van der Waals surface area contributed by atoms with E-state index in [9.17, 15) is 0 Å². The molecule has 5 nitrogen and oxygen atoms in total. The molecule has 3 aromatic rings. The van der Waals surface area contributed by atoms with E-state index in [2.05, 4.69) is 10.1 Å². The van der Waals surface area contributed by atoms with Crippen LogP contribution in [0.4, 0.5) is 5.82 Å². The second kappa shape index (κ2) is 5.28. The summed E-state index contributed by atoms with van der Waals surface area (Å²) in [7, 11) is 3.48. The number of hydrogen-bond donors (Lipinski definition) is 1. The van der Waals surface area contributed by atoms with E-state index < -0.39 is 0 Å². The molecule has 3 rings (SSSR count). The van der Waals surface area contributed by atoms with Crippen molar-refractivity contribution in [3.63, 3.8) is 0 Å². The number of nitrogens with zero attached hydrogens (tertiary/aromatic N) is 3. The van der Waals surface area contributed by atoms with Gasteiger partial charge >= 0.3 is 0 Å². The Hall–Kier alpha value is -2.82. The summed E-state index contributed by atoms with van der Waals surface area (Å²) in [5, 5.41) is 4.55. The zero-order chi connectivity index (χ0) is 14.8. The SMILES string of the molecule is COc1ccccc1-c1nn(C)c(N)c1-c1cccnc1. The van der Waals surface area contributed by atoms with Crippen LogP contribution in [0.1, 0.15) is 0 Å². The van der Waals surface area contributed by atoms with Crippen molar-refractivity contribution in [2.45, 2.75) is 0 Å². The van der Waals surface area contributed by atoms with Gasteiger partial charge in [-0.3, -0.25) is 9.67 Å². The highest BCUT2D eigenvalue weighted by Crippen LogP contribution is 2.39. The summed E-state index contributed by atoms with van der Waals surface area (Å²) >= 11 is 0. The predicted molar refractivity (Wildman–Crippen MR) is 82.8 cm³/mol. The summed E-state index contributed by atoms with van der Waals surface area (Å²) in [5.74, 6) is 1.37. The summed E-state index contributed by atoms with van der Waals surface area (Å²) in [6, 6.07) is 11.6. The van der Waals surface area contributed by atoms with Gasteiger partial charge in [-0.2, -0.15) is 5.10 Å². The van der Waals surface area contributed by atoms with E-state index in [1.165, 1.54) is 0 Å². The molecule has 0 saturated carbocycles. The summed E-state index contributed by atoms with van der Waals surface area (Å²) in [4.78, 5) is 4.16. The fourth-order valence-corrected chi connectivity index (χ4v) is 2.36. The van der Waals surface area contributed by atoms with Gasteiger partial charge in [0.15, 0.2) is 0 Å². The molecule has 0 atom stereocenters. The molecule has 0 fully saturated rings. The lowest BCUT2D eigenvalue weighted by atomic mass is 10.0. The Kier molecular flexibility index (Phi) is 3.31. The fraction of sp³-hybridized carbons (Fsp3) is 0.125. The largest absolute Gasteiger partial charge is 0.496 e. The summed E-state index contributed by atoms with van der Waals surface area (Å²) < 4.78 is 7.10. The van der Waals surface area contributed by atoms with Gasteiger partial charge in [0.25, 0.3) is 0 Å². The fourth-order valence-electron chi connectivity index (χ4n) is 2.36. The molecule has 0 bridgehead atoms. The molecule has 0 saturated heterocycles. The number of nitrogens with two attached hydrogens (primary N) is 1. The average Bonchev–Trinajstić information content (AvgIpc) is 2.83. The van der Waals surface area contributed by atoms with Gasteiger partial charge in [-0.1, -0.05) is 18.2 Å². The third-order valence-electron chi connectivity index (χ3n) is 3.40. The second-order valence-electron chi connectivity index (χ2n) is 4.67. The van der Waals surface area contributed by atoms with Gasteiger partial charge in [0.2, 0.25) is 0 Å². The predicted octanol–water partition coefficient (Wildman–Crippen LogP) is 2.74. The zero-order valence-corrected chi connectivity index (χ0v) is 11.9. The standard InChI is InChI=1S/C16H16N4O/c1-20-16(17)14(11-6-5-9-18-10-11)15(19-20)12-7-3-4-8-13(12)21-2/h3-10H,17H2,1-2H3. The molecule has 0 unspecified atom stereocenters. The Bertz CT molecular complexity index is 765. The number of pyridine rings is 1. The van der Waals surface area contributed by atoms with Gasteiger partial charge in [-0.15, -0.1) is 0 Å². The first-order valence-corrected chi connectivity index (χ1v) is 6.58. The Morgan fingerprint density at radius 1 is 1.14 bits per heavy atom. The minimum Gasteiger partial charge on any atom is -0.496 e. The Morgan fingerprint density at radius 3 is 2.67 bits per heavy atom. The van der Waals surface area contributed by atoms with Crippen molar-refractivity contribution in [1.82, 2.24) is 14.8 Å². The lowest BCUT2D eigenvalue weighted by Gasteiger charge is -2.08. The highest BCUT2D eigenvalue weighted by atomic mass is 16.5. The minimum absolute atomic E-state index is 0.601. The maximum atomic E-state index is 6.20. The molecule has 21 heavy (non-hydrogen) atoms. The van der Waals surface area contributed by atoms with Crippen LogP contribution in [0.15, 0.2) is 48.8 Å². The van der Waals surface area contributed by atoms with Gasteiger partial charge < -0.3 is 10.5 Å². The van der Waals surface area contributed by atoms with Crippen LogP contribution >= 0.6 is 0 Å². The maximum Gasteiger partial charge on any atom is 0.129 e. The highest BCUT2D eigenvalue weighted by Gasteiger charge is 2.19. The van der Waals surface area contributed by atoms with Crippen molar-refractivity contribution in [2.75, 3.05) is 12.8 Å². The van der Waals surface area contributed by atoms with Crippen LogP contribution in [0.2, 0.25) is 0 Å². The lowest BCUT2D eigenvalue weighted by Crippen LogP contribution is -1.98. The van der Waals surface area contributed by atoms with Crippen molar-refractivity contribution >= 4 is 5.82 Å². The van der Waals surface area contributed by atoms with Crippen molar-refractivity contribution in [3.05, 3.63) is 48.8 Å². The third kappa shape index (κ3) is 2.23. The second-order valence-corrected chi connectivity index (χ2v) is 4.67. The van der Waals surface area contributed by atoms with Crippen LogP contribution in [-0.4, -0.2) is 21.9 Å². The van der Waals surface area contributed by atoms with Gasteiger partial charge in [0, 0.05) is 30.6 Å². The van der Waals surface area contributed by atoms with Crippen LogP contribution in [-0.2, 0) is 7.05 Å². The Labute approximate surface area is 123 Å². The molecule has 0 radical (unpaired) electrons. The molecular formula is C16H16N4O. The van der Waals surface area contributed by atoms with Crippen LogP contribution < -0.4 is 10.5 Å². The first-order valence-electron chi connectivity index (χ1n) is 6.58. The van der Waals surface area contributed by atoms with E-state index >= 15 is 0 Å². The highest BCUT2D eigenvalue weighted by molar-refractivity contribution is 5.89. The maximum absolute atomic E-state index is 6.20. The summed E-state index contributed by atoms with van der Waals surface area (Å²) in [6.07, 6.45) is 3.52. The van der Waals surface area contributed by atoms with Crippen LogP contribution in [0, 0.1) is 0 Å². The van der Waals surface area contributed by atoms with E-state index in [4.69, 9.17) is 10.5 Å². The number of aromatic nitrogens is 3. The van der Waals surface area contributed by atoms with E-state index in [-0.39, 0.29) is 0 Å². The monoisotopic (exact) mass is 280 g/mol. The topological polar surface area (TPSA) is 66.0 Å². The number of ether oxygens (including phenoxy) is 1. The number of methoxy groups -OCH3 is 1. The van der Waals surface area contributed by atoms with Crippen molar-refractivity contribution < 1.29 is 4.74 Å². The van der Waals surface area contributed by atoms with E-state index in [1.54, 1.807) is 24.2 Å². The molecule has 106 valence electrons. The first kappa shape index (κ1) is 13.2. The zero-order valence-electron chi connectivity index (χ0n) is 11.9. The Balaban J connectivity index is 2.27. The molecule has 2 aromatic heterocycles. The number of aryl methyl sites for hydroxylation is 1. The van der Waals surface area contributed by atoms with Crippen molar-refractivity contribution in [3.8, 4) is 28.1 Å².